The minimum Gasteiger partial charge on any atom is -0.497 e. The van der Waals surface area contributed by atoms with Crippen LogP contribution in [0.4, 0.5) is 0 Å². The van der Waals surface area contributed by atoms with E-state index >= 15 is 0 Å². The van der Waals surface area contributed by atoms with Crippen molar-refractivity contribution in [3.63, 3.8) is 0 Å². The summed E-state index contributed by atoms with van der Waals surface area (Å²) in [6.07, 6.45) is 0. The normalized spacial score (nSPS) is 15.0. The van der Waals surface area contributed by atoms with Crippen molar-refractivity contribution in [3.05, 3.63) is 65.2 Å². The smallest absolute Gasteiger partial charge is 0.254 e. The fraction of sp³-hybridized carbons (Fsp3) is 0.409. The van der Waals surface area contributed by atoms with Gasteiger partial charge in [0.25, 0.3) is 5.91 Å². The van der Waals surface area contributed by atoms with Crippen LogP contribution >= 0.6 is 0 Å². The number of rotatable bonds is 8. The third-order valence-electron chi connectivity index (χ3n) is 5.26. The molecule has 8 heteroatoms. The fourth-order valence-electron chi connectivity index (χ4n) is 3.50. The van der Waals surface area contributed by atoms with Crippen LogP contribution in [0.3, 0.4) is 0 Å². The van der Waals surface area contributed by atoms with Gasteiger partial charge in [-0.05, 0) is 36.2 Å². The Hall–Kier alpha value is -2.42. The predicted octanol–water partition coefficient (Wildman–Crippen LogP) is 1.88. The summed E-state index contributed by atoms with van der Waals surface area (Å²) in [5.41, 5.74) is 2.33. The molecule has 1 aliphatic heterocycles. The molecule has 1 N–H and O–H groups in total. The van der Waals surface area contributed by atoms with Gasteiger partial charge in [0.1, 0.15) is 5.75 Å². The first kappa shape index (κ1) is 22.3. The van der Waals surface area contributed by atoms with Crippen LogP contribution in [0.15, 0.2) is 48.5 Å². The van der Waals surface area contributed by atoms with Gasteiger partial charge in [-0.1, -0.05) is 30.3 Å². The van der Waals surface area contributed by atoms with Crippen molar-refractivity contribution in [1.29, 1.82) is 0 Å². The summed E-state index contributed by atoms with van der Waals surface area (Å²) in [6, 6.07) is 14.8. The molecule has 0 unspecified atom stereocenters. The Morgan fingerprint density at radius 1 is 1.13 bits per heavy atom. The van der Waals surface area contributed by atoms with E-state index in [0.717, 1.165) is 11.1 Å². The number of hydrogen-bond acceptors (Lipinski definition) is 5. The van der Waals surface area contributed by atoms with Crippen molar-refractivity contribution in [2.75, 3.05) is 45.6 Å². The number of ether oxygens (including phenoxy) is 1. The number of benzene rings is 2. The summed E-state index contributed by atoms with van der Waals surface area (Å²) >= 11 is 0. The van der Waals surface area contributed by atoms with Crippen LogP contribution in [-0.4, -0.2) is 69.1 Å². The molecule has 1 aliphatic rings. The van der Waals surface area contributed by atoms with E-state index in [1.807, 2.05) is 49.4 Å². The van der Waals surface area contributed by atoms with Gasteiger partial charge < -0.3 is 15.0 Å². The fourth-order valence-corrected chi connectivity index (χ4v) is 4.95. The van der Waals surface area contributed by atoms with E-state index < -0.39 is 10.0 Å². The molecule has 7 nitrogen and oxygen atoms in total. The highest BCUT2D eigenvalue weighted by molar-refractivity contribution is 7.89. The molecule has 0 saturated carbocycles. The zero-order valence-electron chi connectivity index (χ0n) is 17.5. The van der Waals surface area contributed by atoms with Crippen molar-refractivity contribution in [1.82, 2.24) is 14.5 Å². The third-order valence-corrected chi connectivity index (χ3v) is 7.11. The van der Waals surface area contributed by atoms with Gasteiger partial charge in [-0.25, -0.2) is 8.42 Å². The van der Waals surface area contributed by atoms with E-state index in [0.29, 0.717) is 44.0 Å². The molecule has 30 heavy (non-hydrogen) atoms. The SMILES string of the molecule is COc1cccc(CN(CCS(=O)(=O)N2CCNCC2)C(=O)c2ccccc2C)c1. The van der Waals surface area contributed by atoms with Crippen molar-refractivity contribution < 1.29 is 17.9 Å². The first-order chi connectivity index (χ1) is 14.4. The summed E-state index contributed by atoms with van der Waals surface area (Å²) in [4.78, 5) is 14.9. The van der Waals surface area contributed by atoms with Crippen molar-refractivity contribution in [2.24, 2.45) is 0 Å². The average molecular weight is 432 g/mol. The zero-order valence-corrected chi connectivity index (χ0v) is 18.3. The second kappa shape index (κ2) is 10.1. The molecule has 0 bridgehead atoms. The molecule has 1 heterocycles. The van der Waals surface area contributed by atoms with E-state index in [-0.39, 0.29) is 18.2 Å². The number of nitrogens with one attached hydrogen (secondary N) is 1. The number of sulfonamides is 1. The quantitative estimate of drug-likeness (QED) is 0.691. The molecule has 0 atom stereocenters. The number of hydrogen-bond donors (Lipinski definition) is 1. The van der Waals surface area contributed by atoms with Crippen molar-refractivity contribution in [3.8, 4) is 5.75 Å². The number of carbonyl (C=O) groups is 1. The number of amides is 1. The maximum Gasteiger partial charge on any atom is 0.254 e. The summed E-state index contributed by atoms with van der Waals surface area (Å²) < 4.78 is 32.4. The van der Waals surface area contributed by atoms with Crippen LogP contribution in [0.1, 0.15) is 21.5 Å². The third kappa shape index (κ3) is 5.59. The minimum atomic E-state index is -3.43. The molecule has 2 aromatic carbocycles. The minimum absolute atomic E-state index is 0.103. The van der Waals surface area contributed by atoms with Crippen LogP contribution in [0.2, 0.25) is 0 Å². The van der Waals surface area contributed by atoms with E-state index in [1.54, 1.807) is 18.1 Å². The molecule has 0 aliphatic carbocycles. The first-order valence-electron chi connectivity index (χ1n) is 10.1. The van der Waals surface area contributed by atoms with Crippen molar-refractivity contribution >= 4 is 15.9 Å². The summed E-state index contributed by atoms with van der Waals surface area (Å²) in [6.45, 7) is 4.53. The Bertz CT molecular complexity index is 972. The maximum atomic E-state index is 13.3. The lowest BCUT2D eigenvalue weighted by Crippen LogP contribution is -2.48. The van der Waals surface area contributed by atoms with Gasteiger partial charge >= 0.3 is 0 Å². The Morgan fingerprint density at radius 3 is 2.57 bits per heavy atom. The van der Waals surface area contributed by atoms with Crippen LogP contribution in [-0.2, 0) is 16.6 Å². The molecular weight excluding hydrogens is 402 g/mol. The molecule has 0 spiro atoms. The molecule has 1 amide bonds. The van der Waals surface area contributed by atoms with Gasteiger partial charge in [0, 0.05) is 44.8 Å². The Morgan fingerprint density at radius 2 is 1.87 bits per heavy atom. The lowest BCUT2D eigenvalue weighted by molar-refractivity contribution is 0.0752. The molecule has 162 valence electrons. The molecule has 1 saturated heterocycles. The molecule has 2 aromatic rings. The van der Waals surface area contributed by atoms with Crippen molar-refractivity contribution in [2.45, 2.75) is 13.5 Å². The highest BCUT2D eigenvalue weighted by Gasteiger charge is 2.26. The van der Waals surface area contributed by atoms with Gasteiger partial charge in [-0.15, -0.1) is 0 Å². The second-order valence-corrected chi connectivity index (χ2v) is 9.45. The van der Waals surface area contributed by atoms with E-state index in [1.165, 1.54) is 4.31 Å². The maximum absolute atomic E-state index is 13.3. The van der Waals surface area contributed by atoms with E-state index in [4.69, 9.17) is 4.74 Å². The largest absolute Gasteiger partial charge is 0.497 e. The van der Waals surface area contributed by atoms with Crippen LogP contribution < -0.4 is 10.1 Å². The van der Waals surface area contributed by atoms with Crippen LogP contribution in [0.25, 0.3) is 0 Å². The number of aryl methyl sites for hydroxylation is 1. The number of piperazine rings is 1. The topological polar surface area (TPSA) is 79.0 Å². The monoisotopic (exact) mass is 431 g/mol. The highest BCUT2D eigenvalue weighted by atomic mass is 32.2. The van der Waals surface area contributed by atoms with E-state index in [9.17, 15) is 13.2 Å². The Balaban J connectivity index is 1.81. The molecule has 3 rings (SSSR count). The lowest BCUT2D eigenvalue weighted by Gasteiger charge is -2.29. The van der Waals surface area contributed by atoms with Gasteiger partial charge in [0.2, 0.25) is 10.0 Å². The molecule has 1 fully saturated rings. The highest BCUT2D eigenvalue weighted by Crippen LogP contribution is 2.18. The Labute approximate surface area is 178 Å². The standard InChI is InChI=1S/C22H29N3O4S/c1-18-6-3-4-9-21(18)22(26)24(17-19-7-5-8-20(16-19)29-2)14-15-30(27,28)25-12-10-23-11-13-25/h3-9,16,23H,10-15,17H2,1-2H3. The van der Waals surface area contributed by atoms with Gasteiger partial charge in [-0.2, -0.15) is 4.31 Å². The number of nitrogens with zero attached hydrogens (tertiary/aromatic N) is 2. The van der Waals surface area contributed by atoms with Crippen LogP contribution in [0, 0.1) is 6.92 Å². The molecular formula is C22H29N3O4S. The van der Waals surface area contributed by atoms with E-state index in [2.05, 4.69) is 5.32 Å². The predicted molar refractivity (Wildman–Crippen MR) is 117 cm³/mol. The number of carbonyl (C=O) groups excluding carboxylic acids is 1. The zero-order chi connectivity index (χ0) is 21.6. The van der Waals surface area contributed by atoms with Gasteiger partial charge in [-0.3, -0.25) is 4.79 Å². The molecule has 0 aromatic heterocycles. The average Bonchev–Trinajstić information content (AvgIpc) is 2.77. The van der Waals surface area contributed by atoms with Gasteiger partial charge in [0.15, 0.2) is 0 Å². The Kier molecular flexibility index (Phi) is 7.47. The lowest BCUT2D eigenvalue weighted by atomic mass is 10.1. The number of methoxy groups -OCH3 is 1. The first-order valence-corrected chi connectivity index (χ1v) is 11.7. The summed E-state index contributed by atoms with van der Waals surface area (Å²) in [5, 5.41) is 3.16. The second-order valence-electron chi connectivity index (χ2n) is 7.36. The summed E-state index contributed by atoms with van der Waals surface area (Å²) in [5.74, 6) is 0.421. The molecule has 0 radical (unpaired) electrons. The summed E-state index contributed by atoms with van der Waals surface area (Å²) in [7, 11) is -1.84. The van der Waals surface area contributed by atoms with Gasteiger partial charge in [0.05, 0.1) is 12.9 Å². The van der Waals surface area contributed by atoms with Crippen LogP contribution in [0.5, 0.6) is 5.75 Å².